The normalized spacial score (nSPS) is 30.1. The number of nitrogens with two attached hydrogens (primary N) is 1. The molecule has 0 aromatic heterocycles. The van der Waals surface area contributed by atoms with Gasteiger partial charge < -0.3 is 11.1 Å². The topological polar surface area (TPSA) is 55.1 Å². The third-order valence-corrected chi connectivity index (χ3v) is 4.60. The van der Waals surface area contributed by atoms with Crippen molar-refractivity contribution in [3.8, 4) is 0 Å². The molecule has 0 aromatic carbocycles. The van der Waals surface area contributed by atoms with Gasteiger partial charge in [0, 0.05) is 12.5 Å². The molecule has 1 amide bonds. The van der Waals surface area contributed by atoms with Gasteiger partial charge in [-0.2, -0.15) is 0 Å². The van der Waals surface area contributed by atoms with E-state index in [-0.39, 0.29) is 22.7 Å². The maximum absolute atomic E-state index is 12.1. The van der Waals surface area contributed by atoms with Crippen LogP contribution in [0, 0.1) is 16.7 Å². The van der Waals surface area contributed by atoms with E-state index in [1.807, 2.05) is 0 Å². The molecule has 0 aliphatic heterocycles. The molecule has 3 N–H and O–H groups in total. The quantitative estimate of drug-likeness (QED) is 0.763. The molecule has 92 valence electrons. The van der Waals surface area contributed by atoms with Gasteiger partial charge in [-0.05, 0) is 43.1 Å². The Morgan fingerprint density at radius 2 is 2.06 bits per heavy atom. The lowest BCUT2D eigenvalue weighted by Gasteiger charge is -2.26. The Kier molecular flexibility index (Phi) is 2.99. The molecule has 2 fully saturated rings. The second-order valence-corrected chi connectivity index (χ2v) is 6.36. The van der Waals surface area contributed by atoms with E-state index in [9.17, 15) is 4.79 Å². The van der Waals surface area contributed by atoms with Gasteiger partial charge in [-0.3, -0.25) is 4.79 Å². The highest BCUT2D eigenvalue weighted by molar-refractivity contribution is 5.79. The average molecular weight is 224 g/mol. The monoisotopic (exact) mass is 224 g/mol. The Balaban J connectivity index is 1.84. The number of rotatable bonds is 4. The van der Waals surface area contributed by atoms with Crippen molar-refractivity contribution in [3.63, 3.8) is 0 Å². The van der Waals surface area contributed by atoms with E-state index in [1.165, 1.54) is 25.7 Å². The van der Waals surface area contributed by atoms with E-state index in [0.29, 0.717) is 6.54 Å². The van der Waals surface area contributed by atoms with Crippen molar-refractivity contribution in [3.05, 3.63) is 0 Å². The van der Waals surface area contributed by atoms with Crippen LogP contribution in [0.1, 0.15) is 46.0 Å². The highest BCUT2D eigenvalue weighted by Gasteiger charge is 2.43. The summed E-state index contributed by atoms with van der Waals surface area (Å²) in [5.41, 5.74) is 6.14. The molecular formula is C13H24N2O. The lowest BCUT2D eigenvalue weighted by Crippen LogP contribution is -2.40. The standard InChI is InChI=1S/C13H24N2O/c1-12(2)5-3-4-10(12)11(16)15-9-13(8-14)6-7-13/h10H,3-9,14H2,1-2H3,(H,15,16). The molecule has 2 aliphatic carbocycles. The summed E-state index contributed by atoms with van der Waals surface area (Å²) in [7, 11) is 0. The lowest BCUT2D eigenvalue weighted by atomic mass is 9.81. The van der Waals surface area contributed by atoms with Crippen molar-refractivity contribution < 1.29 is 4.79 Å². The Labute approximate surface area is 98.2 Å². The molecule has 1 atom stereocenters. The van der Waals surface area contributed by atoms with Crippen LogP contribution in [0.2, 0.25) is 0 Å². The van der Waals surface area contributed by atoms with Crippen LogP contribution in [0.25, 0.3) is 0 Å². The van der Waals surface area contributed by atoms with Crippen LogP contribution in [0.4, 0.5) is 0 Å². The van der Waals surface area contributed by atoms with Crippen LogP contribution in [-0.4, -0.2) is 19.0 Å². The summed E-state index contributed by atoms with van der Waals surface area (Å²) < 4.78 is 0. The largest absolute Gasteiger partial charge is 0.355 e. The third-order valence-electron chi connectivity index (χ3n) is 4.60. The van der Waals surface area contributed by atoms with Crippen molar-refractivity contribution in [2.45, 2.75) is 46.0 Å². The molecule has 0 saturated heterocycles. The minimum atomic E-state index is 0.184. The van der Waals surface area contributed by atoms with Crippen LogP contribution in [-0.2, 0) is 4.79 Å². The average Bonchev–Trinajstić information content (AvgIpc) is 2.94. The van der Waals surface area contributed by atoms with E-state index in [0.717, 1.165) is 13.0 Å². The molecule has 0 spiro atoms. The summed E-state index contributed by atoms with van der Waals surface area (Å²) in [4.78, 5) is 12.1. The smallest absolute Gasteiger partial charge is 0.223 e. The number of amides is 1. The predicted octanol–water partition coefficient (Wildman–Crippen LogP) is 1.67. The molecule has 1 unspecified atom stereocenters. The fraction of sp³-hybridized carbons (Fsp3) is 0.923. The van der Waals surface area contributed by atoms with E-state index in [2.05, 4.69) is 19.2 Å². The molecule has 2 rings (SSSR count). The van der Waals surface area contributed by atoms with Crippen molar-refractivity contribution in [1.82, 2.24) is 5.32 Å². The first-order chi connectivity index (χ1) is 7.49. The summed E-state index contributed by atoms with van der Waals surface area (Å²) >= 11 is 0. The molecule has 0 aromatic rings. The van der Waals surface area contributed by atoms with Gasteiger partial charge in [0.25, 0.3) is 0 Å². The molecule has 3 heteroatoms. The van der Waals surface area contributed by atoms with Crippen LogP contribution in [0.5, 0.6) is 0 Å². The molecular weight excluding hydrogens is 200 g/mol. The number of nitrogens with one attached hydrogen (secondary N) is 1. The summed E-state index contributed by atoms with van der Waals surface area (Å²) in [6.45, 7) is 5.91. The molecule has 2 aliphatic rings. The first-order valence-electron chi connectivity index (χ1n) is 6.47. The molecule has 2 saturated carbocycles. The Morgan fingerprint density at radius 1 is 1.38 bits per heavy atom. The van der Waals surface area contributed by atoms with E-state index >= 15 is 0 Å². The predicted molar refractivity (Wildman–Crippen MR) is 64.9 cm³/mol. The van der Waals surface area contributed by atoms with Gasteiger partial charge >= 0.3 is 0 Å². The van der Waals surface area contributed by atoms with Crippen molar-refractivity contribution in [2.75, 3.05) is 13.1 Å². The van der Waals surface area contributed by atoms with Gasteiger partial charge in [0.05, 0.1) is 0 Å². The minimum Gasteiger partial charge on any atom is -0.355 e. The van der Waals surface area contributed by atoms with Crippen LogP contribution in [0.3, 0.4) is 0 Å². The zero-order valence-electron chi connectivity index (χ0n) is 10.5. The molecule has 3 nitrogen and oxygen atoms in total. The van der Waals surface area contributed by atoms with Crippen LogP contribution in [0.15, 0.2) is 0 Å². The van der Waals surface area contributed by atoms with Crippen LogP contribution >= 0.6 is 0 Å². The van der Waals surface area contributed by atoms with Gasteiger partial charge in [-0.15, -0.1) is 0 Å². The summed E-state index contributed by atoms with van der Waals surface area (Å²) in [6.07, 6.45) is 5.77. The molecule has 16 heavy (non-hydrogen) atoms. The second-order valence-electron chi connectivity index (χ2n) is 6.36. The molecule has 0 heterocycles. The maximum atomic E-state index is 12.1. The Morgan fingerprint density at radius 3 is 2.50 bits per heavy atom. The summed E-state index contributed by atoms with van der Waals surface area (Å²) in [6, 6.07) is 0. The lowest BCUT2D eigenvalue weighted by molar-refractivity contribution is -0.127. The zero-order valence-corrected chi connectivity index (χ0v) is 10.5. The van der Waals surface area contributed by atoms with Gasteiger partial charge in [0.2, 0.25) is 5.91 Å². The van der Waals surface area contributed by atoms with Crippen molar-refractivity contribution in [2.24, 2.45) is 22.5 Å². The van der Waals surface area contributed by atoms with Gasteiger partial charge in [-0.1, -0.05) is 20.3 Å². The van der Waals surface area contributed by atoms with Crippen molar-refractivity contribution >= 4 is 5.91 Å². The highest BCUT2D eigenvalue weighted by Crippen LogP contribution is 2.45. The summed E-state index contributed by atoms with van der Waals surface area (Å²) in [5, 5.41) is 3.11. The maximum Gasteiger partial charge on any atom is 0.223 e. The van der Waals surface area contributed by atoms with E-state index in [4.69, 9.17) is 5.73 Å². The van der Waals surface area contributed by atoms with Crippen LogP contribution < -0.4 is 11.1 Å². The van der Waals surface area contributed by atoms with Gasteiger partial charge in [0.1, 0.15) is 0 Å². The summed E-state index contributed by atoms with van der Waals surface area (Å²) in [5.74, 6) is 0.461. The number of carbonyl (C=O) groups is 1. The number of hydrogen-bond acceptors (Lipinski definition) is 2. The second kappa shape index (κ2) is 4.02. The van der Waals surface area contributed by atoms with E-state index < -0.39 is 0 Å². The van der Waals surface area contributed by atoms with E-state index in [1.54, 1.807) is 0 Å². The SMILES string of the molecule is CC1(C)CCCC1C(=O)NCC1(CN)CC1. The third kappa shape index (κ3) is 2.24. The number of carbonyl (C=O) groups excluding carboxylic acids is 1. The fourth-order valence-corrected chi connectivity index (χ4v) is 2.84. The highest BCUT2D eigenvalue weighted by atomic mass is 16.1. The minimum absolute atomic E-state index is 0.184. The van der Waals surface area contributed by atoms with Gasteiger partial charge in [-0.25, -0.2) is 0 Å². The molecule has 0 bridgehead atoms. The zero-order chi connectivity index (χ0) is 11.8. The number of hydrogen-bond donors (Lipinski definition) is 2. The molecule has 0 radical (unpaired) electrons. The Hall–Kier alpha value is -0.570. The van der Waals surface area contributed by atoms with Crippen molar-refractivity contribution in [1.29, 1.82) is 0 Å². The Bertz CT molecular complexity index is 282. The fourth-order valence-electron chi connectivity index (χ4n) is 2.84. The first kappa shape index (κ1) is 11.9. The van der Waals surface area contributed by atoms with Gasteiger partial charge in [0.15, 0.2) is 0 Å². The first-order valence-corrected chi connectivity index (χ1v) is 6.47.